The Labute approximate surface area is 141 Å². The van der Waals surface area contributed by atoms with Crippen LogP contribution in [0.5, 0.6) is 0 Å². The summed E-state index contributed by atoms with van der Waals surface area (Å²) in [6.07, 6.45) is -1.25. The first kappa shape index (κ1) is 16.0. The lowest BCUT2D eigenvalue weighted by Gasteiger charge is -2.41. The van der Waals surface area contributed by atoms with Crippen LogP contribution in [0.1, 0.15) is 18.8 Å². The number of methoxy groups -OCH3 is 1. The smallest absolute Gasteiger partial charge is 0.309 e. The highest BCUT2D eigenvalue weighted by molar-refractivity contribution is 5.77. The first-order valence-electron chi connectivity index (χ1n) is 8.41. The molecule has 4 rings (SSSR count). The van der Waals surface area contributed by atoms with E-state index in [0.29, 0.717) is 13.2 Å². The van der Waals surface area contributed by atoms with Crippen LogP contribution in [0.2, 0.25) is 0 Å². The van der Waals surface area contributed by atoms with Crippen molar-refractivity contribution in [3.05, 3.63) is 35.9 Å². The van der Waals surface area contributed by atoms with Crippen molar-refractivity contribution in [3.8, 4) is 0 Å². The minimum atomic E-state index is -0.431. The van der Waals surface area contributed by atoms with Gasteiger partial charge in [0.15, 0.2) is 12.6 Å². The van der Waals surface area contributed by atoms with Gasteiger partial charge in [-0.1, -0.05) is 30.3 Å². The third kappa shape index (κ3) is 2.63. The summed E-state index contributed by atoms with van der Waals surface area (Å²) in [6, 6.07) is 9.80. The van der Waals surface area contributed by atoms with E-state index >= 15 is 0 Å². The zero-order chi connectivity index (χ0) is 16.7. The fraction of sp³-hybridized carbons (Fsp3) is 0.611. The third-order valence-electron chi connectivity index (χ3n) is 5.06. The molecule has 0 bridgehead atoms. The zero-order valence-electron chi connectivity index (χ0n) is 13.8. The van der Waals surface area contributed by atoms with Gasteiger partial charge in [0.1, 0.15) is 6.10 Å². The summed E-state index contributed by atoms with van der Waals surface area (Å²) in [5.74, 6) is -0.364. The van der Waals surface area contributed by atoms with Gasteiger partial charge in [-0.2, -0.15) is 0 Å². The molecule has 6 nitrogen and oxygen atoms in total. The van der Waals surface area contributed by atoms with E-state index in [1.54, 1.807) is 7.11 Å². The molecule has 2 saturated heterocycles. The van der Waals surface area contributed by atoms with Crippen LogP contribution in [-0.2, 0) is 28.5 Å². The Hall–Kier alpha value is -1.47. The van der Waals surface area contributed by atoms with Crippen LogP contribution in [0.3, 0.4) is 0 Å². The maximum Gasteiger partial charge on any atom is 0.309 e. The second-order valence-electron chi connectivity index (χ2n) is 6.39. The predicted octanol–water partition coefficient (Wildman–Crippen LogP) is 1.90. The van der Waals surface area contributed by atoms with Crippen molar-refractivity contribution in [2.45, 2.75) is 31.7 Å². The van der Waals surface area contributed by atoms with Gasteiger partial charge < -0.3 is 23.7 Å². The Bertz CT molecular complexity index is 590. The number of carbonyl (C=O) groups is 1. The normalized spacial score (nSPS) is 40.3. The molecule has 130 valence electrons. The molecular weight excluding hydrogens is 312 g/mol. The van der Waals surface area contributed by atoms with Crippen LogP contribution in [0.15, 0.2) is 30.3 Å². The molecule has 2 aliphatic heterocycles. The van der Waals surface area contributed by atoms with Crippen molar-refractivity contribution >= 4 is 5.97 Å². The van der Waals surface area contributed by atoms with Gasteiger partial charge in [-0.3, -0.25) is 4.79 Å². The minimum absolute atomic E-state index is 0.00942. The number of carbonyl (C=O) groups excluding carboxylic acids is 1. The number of rotatable bonds is 4. The lowest BCUT2D eigenvalue weighted by molar-refractivity contribution is -0.316. The van der Waals surface area contributed by atoms with Crippen molar-refractivity contribution < 1.29 is 28.5 Å². The van der Waals surface area contributed by atoms with Crippen molar-refractivity contribution in [2.24, 2.45) is 17.8 Å². The molecule has 0 radical (unpaired) electrons. The molecule has 0 N–H and O–H groups in total. The molecule has 6 heteroatoms. The third-order valence-corrected chi connectivity index (χ3v) is 5.06. The van der Waals surface area contributed by atoms with E-state index in [1.807, 2.05) is 37.3 Å². The highest BCUT2D eigenvalue weighted by atomic mass is 16.7. The number of benzene rings is 1. The lowest BCUT2D eigenvalue weighted by Crippen LogP contribution is -2.49. The fourth-order valence-corrected chi connectivity index (χ4v) is 3.95. The van der Waals surface area contributed by atoms with Crippen LogP contribution >= 0.6 is 0 Å². The maximum atomic E-state index is 12.2. The van der Waals surface area contributed by atoms with Crippen molar-refractivity contribution in [1.82, 2.24) is 0 Å². The van der Waals surface area contributed by atoms with Crippen LogP contribution in [-0.4, -0.2) is 44.8 Å². The number of hydrogen-bond acceptors (Lipinski definition) is 6. The second kappa shape index (κ2) is 6.44. The van der Waals surface area contributed by atoms with Gasteiger partial charge in [-0.25, -0.2) is 0 Å². The molecule has 2 unspecified atom stereocenters. The van der Waals surface area contributed by atoms with Gasteiger partial charge in [0.05, 0.1) is 25.2 Å². The molecule has 2 heterocycles. The molecule has 0 amide bonds. The Morgan fingerprint density at radius 3 is 2.71 bits per heavy atom. The molecule has 0 aromatic heterocycles. The summed E-state index contributed by atoms with van der Waals surface area (Å²) < 4.78 is 28.6. The Morgan fingerprint density at radius 1 is 1.21 bits per heavy atom. The second-order valence-corrected chi connectivity index (χ2v) is 6.39. The van der Waals surface area contributed by atoms with E-state index in [0.717, 1.165) is 5.56 Å². The fourth-order valence-electron chi connectivity index (χ4n) is 3.95. The SMILES string of the molecule is CCOC(=O)C1C2[C@H]1[C@@H](OC)O[C@@H]1CO[C@H](c3ccccc3)O[C@@H]21. The molecular formula is C18H22O6. The van der Waals surface area contributed by atoms with E-state index in [1.165, 1.54) is 0 Å². The molecule has 1 aliphatic carbocycles. The van der Waals surface area contributed by atoms with Crippen LogP contribution in [0.4, 0.5) is 0 Å². The van der Waals surface area contributed by atoms with Gasteiger partial charge >= 0.3 is 5.97 Å². The van der Waals surface area contributed by atoms with Gasteiger partial charge in [0.2, 0.25) is 0 Å². The van der Waals surface area contributed by atoms with Gasteiger partial charge in [-0.05, 0) is 6.92 Å². The van der Waals surface area contributed by atoms with Crippen molar-refractivity contribution in [1.29, 1.82) is 0 Å². The largest absolute Gasteiger partial charge is 0.466 e. The lowest BCUT2D eigenvalue weighted by atomic mass is 10.0. The van der Waals surface area contributed by atoms with Crippen molar-refractivity contribution in [3.63, 3.8) is 0 Å². The van der Waals surface area contributed by atoms with E-state index in [9.17, 15) is 4.79 Å². The summed E-state index contributed by atoms with van der Waals surface area (Å²) in [4.78, 5) is 12.2. The first-order valence-corrected chi connectivity index (χ1v) is 8.41. The quantitative estimate of drug-likeness (QED) is 0.784. The maximum absolute atomic E-state index is 12.2. The van der Waals surface area contributed by atoms with E-state index < -0.39 is 12.6 Å². The van der Waals surface area contributed by atoms with Crippen LogP contribution < -0.4 is 0 Å². The minimum Gasteiger partial charge on any atom is -0.466 e. The van der Waals surface area contributed by atoms with Gasteiger partial charge in [0.25, 0.3) is 0 Å². The van der Waals surface area contributed by atoms with E-state index in [2.05, 4.69) is 0 Å². The Morgan fingerprint density at radius 2 is 2.00 bits per heavy atom. The Kier molecular flexibility index (Phi) is 4.30. The number of fused-ring (bicyclic) bond motifs is 3. The topological polar surface area (TPSA) is 63.2 Å². The molecule has 1 aromatic carbocycles. The monoisotopic (exact) mass is 334 g/mol. The molecule has 1 saturated carbocycles. The summed E-state index contributed by atoms with van der Waals surface area (Å²) in [5, 5.41) is 0. The molecule has 24 heavy (non-hydrogen) atoms. The van der Waals surface area contributed by atoms with E-state index in [4.69, 9.17) is 23.7 Å². The summed E-state index contributed by atoms with van der Waals surface area (Å²) in [5.41, 5.74) is 0.967. The molecule has 1 aromatic rings. The molecule has 3 aliphatic rings. The summed E-state index contributed by atoms with van der Waals surface area (Å²) in [6.45, 7) is 2.61. The standard InChI is InChI=1S/C18H22O6/c1-3-21-16(19)13-12-14(13)18(20-2)23-11-9-22-17(24-15(11)12)10-7-5-4-6-8-10/h4-8,11-15,17-18H,3,9H2,1-2H3/t11-,12?,13?,14-,15-,17+,18+/m1/s1. The molecule has 7 atom stereocenters. The number of esters is 1. The highest BCUT2D eigenvalue weighted by Gasteiger charge is 2.69. The van der Waals surface area contributed by atoms with E-state index in [-0.39, 0.29) is 35.9 Å². The van der Waals surface area contributed by atoms with Crippen LogP contribution in [0.25, 0.3) is 0 Å². The zero-order valence-corrected chi connectivity index (χ0v) is 13.8. The van der Waals surface area contributed by atoms with Crippen molar-refractivity contribution in [2.75, 3.05) is 20.3 Å². The van der Waals surface area contributed by atoms with Gasteiger partial charge in [-0.15, -0.1) is 0 Å². The summed E-state index contributed by atoms with van der Waals surface area (Å²) in [7, 11) is 1.60. The highest BCUT2D eigenvalue weighted by Crippen LogP contribution is 2.58. The predicted molar refractivity (Wildman–Crippen MR) is 82.8 cm³/mol. The average Bonchev–Trinajstić information content (AvgIpc) is 3.38. The number of hydrogen-bond donors (Lipinski definition) is 0. The van der Waals surface area contributed by atoms with Gasteiger partial charge in [0, 0.05) is 24.5 Å². The van der Waals surface area contributed by atoms with Crippen LogP contribution in [0, 0.1) is 17.8 Å². The Balaban J connectivity index is 1.52. The average molecular weight is 334 g/mol. The first-order chi connectivity index (χ1) is 11.7. The summed E-state index contributed by atoms with van der Waals surface area (Å²) >= 11 is 0. The molecule has 3 fully saturated rings. The number of ether oxygens (including phenoxy) is 5. The molecule has 0 spiro atoms.